The molecule has 5 heteroatoms. The normalized spacial score (nSPS) is 10.8. The van der Waals surface area contributed by atoms with Crippen molar-refractivity contribution in [3.05, 3.63) is 78.2 Å². The van der Waals surface area contributed by atoms with Gasteiger partial charge < -0.3 is 19.5 Å². The third-order valence-corrected chi connectivity index (χ3v) is 4.22. The van der Waals surface area contributed by atoms with Crippen LogP contribution in [0.2, 0.25) is 0 Å². The fourth-order valence-electron chi connectivity index (χ4n) is 2.85. The van der Waals surface area contributed by atoms with Crippen LogP contribution < -0.4 is 10.1 Å². The Hall–Kier alpha value is -3.47. The fourth-order valence-corrected chi connectivity index (χ4v) is 2.85. The van der Waals surface area contributed by atoms with Crippen molar-refractivity contribution >= 4 is 16.8 Å². The Morgan fingerprint density at radius 2 is 1.92 bits per heavy atom. The van der Waals surface area contributed by atoms with E-state index in [1.165, 1.54) is 0 Å². The van der Waals surface area contributed by atoms with Crippen LogP contribution in [0.25, 0.3) is 22.2 Å². The van der Waals surface area contributed by atoms with Gasteiger partial charge in [0.15, 0.2) is 0 Å². The van der Waals surface area contributed by atoms with E-state index in [4.69, 9.17) is 9.15 Å². The minimum absolute atomic E-state index is 0.183. The SMILES string of the molecule is COc1ccc2cc(C(=O)NCc3ccc(-c4ccccc4)o3)[nH]c2c1. The number of hydrogen-bond acceptors (Lipinski definition) is 3. The molecule has 1 amide bonds. The van der Waals surface area contributed by atoms with E-state index in [-0.39, 0.29) is 5.91 Å². The number of nitrogens with one attached hydrogen (secondary N) is 2. The highest BCUT2D eigenvalue weighted by Crippen LogP contribution is 2.23. The first kappa shape index (κ1) is 16.0. The van der Waals surface area contributed by atoms with Gasteiger partial charge in [0, 0.05) is 22.5 Å². The van der Waals surface area contributed by atoms with Crippen LogP contribution in [0.15, 0.2) is 71.1 Å². The van der Waals surface area contributed by atoms with Gasteiger partial charge in [0.1, 0.15) is 23.0 Å². The van der Waals surface area contributed by atoms with Crippen molar-refractivity contribution in [3.63, 3.8) is 0 Å². The number of hydrogen-bond donors (Lipinski definition) is 2. The number of carbonyl (C=O) groups excluding carboxylic acids is 1. The van der Waals surface area contributed by atoms with Gasteiger partial charge in [-0.1, -0.05) is 30.3 Å². The molecule has 0 saturated heterocycles. The van der Waals surface area contributed by atoms with Gasteiger partial charge in [-0.3, -0.25) is 4.79 Å². The number of methoxy groups -OCH3 is 1. The molecule has 0 atom stereocenters. The first-order chi connectivity index (χ1) is 12.7. The summed E-state index contributed by atoms with van der Waals surface area (Å²) in [4.78, 5) is 15.5. The van der Waals surface area contributed by atoms with Crippen molar-refractivity contribution in [3.8, 4) is 17.1 Å². The highest BCUT2D eigenvalue weighted by Gasteiger charge is 2.11. The summed E-state index contributed by atoms with van der Waals surface area (Å²) < 4.78 is 11.0. The molecule has 26 heavy (non-hydrogen) atoms. The predicted octanol–water partition coefficient (Wildman–Crippen LogP) is 4.37. The highest BCUT2D eigenvalue weighted by atomic mass is 16.5. The zero-order valence-electron chi connectivity index (χ0n) is 14.3. The third-order valence-electron chi connectivity index (χ3n) is 4.22. The largest absolute Gasteiger partial charge is 0.497 e. The summed E-state index contributed by atoms with van der Waals surface area (Å²) in [5.41, 5.74) is 2.37. The number of benzene rings is 2. The minimum Gasteiger partial charge on any atom is -0.497 e. The fraction of sp³-hybridized carbons (Fsp3) is 0.0952. The van der Waals surface area contributed by atoms with E-state index < -0.39 is 0 Å². The molecule has 2 aromatic heterocycles. The predicted molar refractivity (Wildman–Crippen MR) is 100 cm³/mol. The summed E-state index contributed by atoms with van der Waals surface area (Å²) in [5, 5.41) is 3.83. The average molecular weight is 346 g/mol. The van der Waals surface area contributed by atoms with Gasteiger partial charge in [-0.2, -0.15) is 0 Å². The summed E-state index contributed by atoms with van der Waals surface area (Å²) in [6, 6.07) is 21.1. The molecule has 0 aliphatic carbocycles. The Labute approximate surface area is 150 Å². The molecule has 0 bridgehead atoms. The molecular formula is C21H18N2O3. The molecular weight excluding hydrogens is 328 g/mol. The molecule has 0 radical (unpaired) electrons. The monoisotopic (exact) mass is 346 g/mol. The van der Waals surface area contributed by atoms with Gasteiger partial charge in [0.05, 0.1) is 13.7 Å². The number of amides is 1. The lowest BCUT2D eigenvalue weighted by Crippen LogP contribution is -2.22. The van der Waals surface area contributed by atoms with Crippen LogP contribution in [-0.2, 0) is 6.54 Å². The lowest BCUT2D eigenvalue weighted by Gasteiger charge is -2.01. The number of carbonyl (C=O) groups is 1. The van der Waals surface area contributed by atoms with E-state index in [1.807, 2.05) is 66.7 Å². The molecule has 5 nitrogen and oxygen atoms in total. The molecule has 0 saturated carbocycles. The summed E-state index contributed by atoms with van der Waals surface area (Å²) in [5.74, 6) is 2.05. The van der Waals surface area contributed by atoms with E-state index in [0.717, 1.165) is 28.0 Å². The van der Waals surface area contributed by atoms with Gasteiger partial charge in [0.25, 0.3) is 5.91 Å². The second-order valence-electron chi connectivity index (χ2n) is 5.95. The molecule has 0 unspecified atom stereocenters. The molecule has 0 fully saturated rings. The van der Waals surface area contributed by atoms with Gasteiger partial charge >= 0.3 is 0 Å². The molecule has 4 aromatic rings. The Bertz CT molecular complexity index is 1050. The molecule has 2 aromatic carbocycles. The summed E-state index contributed by atoms with van der Waals surface area (Å²) in [6.07, 6.45) is 0. The zero-order valence-corrected chi connectivity index (χ0v) is 14.3. The number of rotatable bonds is 5. The van der Waals surface area contributed by atoms with E-state index in [2.05, 4.69) is 10.3 Å². The van der Waals surface area contributed by atoms with E-state index >= 15 is 0 Å². The smallest absolute Gasteiger partial charge is 0.268 e. The lowest BCUT2D eigenvalue weighted by atomic mass is 10.2. The van der Waals surface area contributed by atoms with Crippen LogP contribution in [-0.4, -0.2) is 18.0 Å². The topological polar surface area (TPSA) is 67.3 Å². The Morgan fingerprint density at radius 1 is 1.08 bits per heavy atom. The number of fused-ring (bicyclic) bond motifs is 1. The number of H-pyrrole nitrogens is 1. The molecule has 0 spiro atoms. The number of furan rings is 1. The zero-order chi connectivity index (χ0) is 17.9. The van der Waals surface area contributed by atoms with Crippen molar-refractivity contribution in [1.29, 1.82) is 0 Å². The third kappa shape index (κ3) is 3.19. The van der Waals surface area contributed by atoms with Crippen LogP contribution >= 0.6 is 0 Å². The Balaban J connectivity index is 1.45. The lowest BCUT2D eigenvalue weighted by molar-refractivity contribution is 0.0944. The molecule has 130 valence electrons. The summed E-state index contributed by atoms with van der Waals surface area (Å²) >= 11 is 0. The van der Waals surface area contributed by atoms with Gasteiger partial charge in [-0.05, 0) is 30.3 Å². The minimum atomic E-state index is -0.183. The molecule has 4 rings (SSSR count). The Kier molecular flexibility index (Phi) is 4.19. The summed E-state index contributed by atoms with van der Waals surface area (Å²) in [7, 11) is 1.62. The van der Waals surface area contributed by atoms with Gasteiger partial charge in [0.2, 0.25) is 0 Å². The van der Waals surface area contributed by atoms with Crippen molar-refractivity contribution < 1.29 is 13.9 Å². The van der Waals surface area contributed by atoms with Crippen molar-refractivity contribution in [2.75, 3.05) is 7.11 Å². The molecule has 0 aliphatic rings. The van der Waals surface area contributed by atoms with Gasteiger partial charge in [-0.15, -0.1) is 0 Å². The second kappa shape index (κ2) is 6.80. The Morgan fingerprint density at radius 3 is 2.73 bits per heavy atom. The number of aromatic nitrogens is 1. The first-order valence-corrected chi connectivity index (χ1v) is 8.32. The van der Waals surface area contributed by atoms with E-state index in [0.29, 0.717) is 18.0 Å². The molecule has 2 heterocycles. The van der Waals surface area contributed by atoms with Crippen LogP contribution in [0.5, 0.6) is 5.75 Å². The molecule has 2 N–H and O–H groups in total. The van der Waals surface area contributed by atoms with Crippen molar-refractivity contribution in [2.45, 2.75) is 6.54 Å². The highest BCUT2D eigenvalue weighted by molar-refractivity contribution is 5.98. The first-order valence-electron chi connectivity index (χ1n) is 8.32. The van der Waals surface area contributed by atoms with Gasteiger partial charge in [-0.25, -0.2) is 0 Å². The maximum atomic E-state index is 12.4. The van der Waals surface area contributed by atoms with E-state index in [9.17, 15) is 4.79 Å². The van der Waals surface area contributed by atoms with Crippen molar-refractivity contribution in [2.24, 2.45) is 0 Å². The van der Waals surface area contributed by atoms with E-state index in [1.54, 1.807) is 7.11 Å². The van der Waals surface area contributed by atoms with Crippen LogP contribution in [0.3, 0.4) is 0 Å². The maximum absolute atomic E-state index is 12.4. The van der Waals surface area contributed by atoms with Crippen LogP contribution in [0, 0.1) is 0 Å². The van der Waals surface area contributed by atoms with Crippen LogP contribution in [0.1, 0.15) is 16.2 Å². The second-order valence-corrected chi connectivity index (χ2v) is 5.95. The van der Waals surface area contributed by atoms with Crippen LogP contribution in [0.4, 0.5) is 0 Å². The van der Waals surface area contributed by atoms with Crippen molar-refractivity contribution in [1.82, 2.24) is 10.3 Å². The molecule has 0 aliphatic heterocycles. The summed E-state index contributed by atoms with van der Waals surface area (Å²) in [6.45, 7) is 0.324. The number of aromatic amines is 1. The average Bonchev–Trinajstić information content (AvgIpc) is 3.33. The maximum Gasteiger partial charge on any atom is 0.268 e. The quantitative estimate of drug-likeness (QED) is 0.564. The standard InChI is InChI=1S/C21H18N2O3/c1-25-16-8-7-15-11-19(23-18(15)12-16)21(24)22-13-17-9-10-20(26-17)14-5-3-2-4-6-14/h2-12,23H,13H2,1H3,(H,22,24). The number of ether oxygens (including phenoxy) is 1.